The Morgan fingerprint density at radius 1 is 0.929 bits per heavy atom. The third-order valence-electron chi connectivity index (χ3n) is 7.60. The first-order valence-electron chi connectivity index (χ1n) is 14.4. The number of carbonyl (C=O) groups is 2. The fourth-order valence-corrected chi connectivity index (χ4v) is 5.85. The summed E-state index contributed by atoms with van der Waals surface area (Å²) in [5.74, 6) is -0.255. The molecule has 42 heavy (non-hydrogen) atoms. The molecule has 1 N–H and O–H groups in total. The minimum atomic E-state index is -0.750. The van der Waals surface area contributed by atoms with Gasteiger partial charge in [-0.3, -0.25) is 19.4 Å². The predicted molar refractivity (Wildman–Crippen MR) is 168 cm³/mol. The van der Waals surface area contributed by atoms with Gasteiger partial charge in [-0.1, -0.05) is 18.2 Å². The van der Waals surface area contributed by atoms with Crippen molar-refractivity contribution in [1.29, 1.82) is 0 Å². The van der Waals surface area contributed by atoms with E-state index in [2.05, 4.69) is 39.4 Å². The molecule has 1 unspecified atom stereocenters. The van der Waals surface area contributed by atoms with Crippen LogP contribution in [0.15, 0.2) is 78.9 Å². The molecule has 8 nitrogen and oxygen atoms in total. The highest BCUT2D eigenvalue weighted by Crippen LogP contribution is 2.28. The first-order valence-corrected chi connectivity index (χ1v) is 14.8. The van der Waals surface area contributed by atoms with Crippen LogP contribution in [0.25, 0.3) is 0 Å². The minimum absolute atomic E-state index is 0.0559. The zero-order valence-electron chi connectivity index (χ0n) is 23.7. The third kappa shape index (κ3) is 7.06. The van der Waals surface area contributed by atoms with Crippen LogP contribution in [0.3, 0.4) is 0 Å². The van der Waals surface area contributed by atoms with Gasteiger partial charge in [0.15, 0.2) is 5.11 Å². The molecule has 0 radical (unpaired) electrons. The van der Waals surface area contributed by atoms with Gasteiger partial charge in [-0.05, 0) is 92.8 Å². The van der Waals surface area contributed by atoms with Crippen molar-refractivity contribution in [2.24, 2.45) is 0 Å². The molecule has 2 fully saturated rings. The largest absolute Gasteiger partial charge is 0.494 e. The number of hydrogen-bond acceptors (Lipinski definition) is 6. The van der Waals surface area contributed by atoms with Gasteiger partial charge < -0.3 is 19.9 Å². The molecule has 0 bridgehead atoms. The van der Waals surface area contributed by atoms with Crippen LogP contribution in [0.4, 0.5) is 21.5 Å². The maximum Gasteiger partial charge on any atom is 0.256 e. The predicted octanol–water partition coefficient (Wildman–Crippen LogP) is 4.77. The monoisotopic (exact) mass is 589 g/mol. The van der Waals surface area contributed by atoms with E-state index in [0.717, 1.165) is 44.9 Å². The summed E-state index contributed by atoms with van der Waals surface area (Å²) in [5.41, 5.74) is 2.35. The van der Waals surface area contributed by atoms with E-state index in [-0.39, 0.29) is 18.2 Å². The van der Waals surface area contributed by atoms with Crippen molar-refractivity contribution in [1.82, 2.24) is 9.80 Å². The summed E-state index contributed by atoms with van der Waals surface area (Å²) in [6.45, 7) is 7.67. The molecule has 0 spiro atoms. The Labute approximate surface area is 251 Å². The quantitative estimate of drug-likeness (QED) is 0.323. The number of ether oxygens (including phenoxy) is 1. The second kappa shape index (κ2) is 13.8. The van der Waals surface area contributed by atoms with E-state index in [1.165, 1.54) is 34.9 Å². The average molecular weight is 590 g/mol. The Hall–Kier alpha value is -4.02. The molecule has 2 heterocycles. The maximum atomic E-state index is 13.6. The van der Waals surface area contributed by atoms with Crippen molar-refractivity contribution in [3.05, 3.63) is 84.7 Å². The molecule has 220 valence electrons. The standard InChI is InChI=1S/C32H36FN5O3S/c1-2-41-28-15-11-25(12-16-28)34-30(39)23-29-31(40)38(27-13-9-24(33)10-14-27)32(42)37(29)18-6-17-35-19-21-36(22-20-35)26-7-4-3-5-8-26/h3-5,7-16,29H,2,6,17-23H2,1H3,(H,34,39). The van der Waals surface area contributed by atoms with E-state index < -0.39 is 11.9 Å². The van der Waals surface area contributed by atoms with E-state index in [1.807, 2.05) is 17.9 Å². The zero-order chi connectivity index (χ0) is 29.5. The summed E-state index contributed by atoms with van der Waals surface area (Å²) in [5, 5.41) is 3.22. The fraction of sp³-hybridized carbons (Fsp3) is 0.344. The number of nitrogens with zero attached hydrogens (tertiary/aromatic N) is 4. The normalized spacial score (nSPS) is 17.6. The fourth-order valence-electron chi connectivity index (χ4n) is 5.44. The molecule has 5 rings (SSSR count). The van der Waals surface area contributed by atoms with Crippen LogP contribution < -0.4 is 19.9 Å². The lowest BCUT2D eigenvalue weighted by Crippen LogP contribution is -2.47. The molecule has 2 aliphatic heterocycles. The first kappa shape index (κ1) is 29.5. The molecular formula is C32H36FN5O3S. The highest BCUT2D eigenvalue weighted by molar-refractivity contribution is 7.80. The summed E-state index contributed by atoms with van der Waals surface area (Å²) in [7, 11) is 0. The Balaban J connectivity index is 1.22. The van der Waals surface area contributed by atoms with E-state index in [4.69, 9.17) is 17.0 Å². The van der Waals surface area contributed by atoms with Gasteiger partial charge in [-0.2, -0.15) is 0 Å². The van der Waals surface area contributed by atoms with Crippen LogP contribution in [0.2, 0.25) is 0 Å². The number of nitrogens with one attached hydrogen (secondary N) is 1. The number of rotatable bonds is 11. The molecule has 1 atom stereocenters. The topological polar surface area (TPSA) is 68.4 Å². The lowest BCUT2D eigenvalue weighted by Gasteiger charge is -2.36. The average Bonchev–Trinajstić information content (AvgIpc) is 3.23. The molecule has 2 amide bonds. The van der Waals surface area contributed by atoms with Gasteiger partial charge in [0, 0.05) is 44.1 Å². The number of thiocarbonyl (C=S) groups is 1. The summed E-state index contributed by atoms with van der Waals surface area (Å²) in [4.78, 5) is 34.8. The second-order valence-electron chi connectivity index (χ2n) is 10.4. The number of para-hydroxylation sites is 1. The van der Waals surface area contributed by atoms with Gasteiger partial charge in [0.2, 0.25) is 5.91 Å². The van der Waals surface area contributed by atoms with Crippen LogP contribution in [0, 0.1) is 5.82 Å². The van der Waals surface area contributed by atoms with Gasteiger partial charge in [0.25, 0.3) is 5.91 Å². The van der Waals surface area contributed by atoms with Crippen LogP contribution in [0.1, 0.15) is 19.8 Å². The number of halogens is 1. The molecule has 0 aliphatic carbocycles. The second-order valence-corrected chi connectivity index (χ2v) is 10.7. The number of amides is 2. The molecule has 0 saturated carbocycles. The summed E-state index contributed by atoms with van der Waals surface area (Å²) in [6, 6.07) is 22.5. The van der Waals surface area contributed by atoms with Gasteiger partial charge in [0.05, 0.1) is 18.7 Å². The molecule has 0 aromatic heterocycles. The summed E-state index contributed by atoms with van der Waals surface area (Å²) >= 11 is 5.76. The van der Waals surface area contributed by atoms with Crippen molar-refractivity contribution in [3.63, 3.8) is 0 Å². The molecule has 3 aromatic carbocycles. The van der Waals surface area contributed by atoms with Crippen LogP contribution in [-0.4, -0.2) is 78.6 Å². The molecule has 10 heteroatoms. The zero-order valence-corrected chi connectivity index (χ0v) is 24.6. The Morgan fingerprint density at radius 3 is 2.29 bits per heavy atom. The van der Waals surface area contributed by atoms with Crippen molar-refractivity contribution in [3.8, 4) is 5.75 Å². The number of carbonyl (C=O) groups excluding carboxylic acids is 2. The van der Waals surface area contributed by atoms with Gasteiger partial charge in [0.1, 0.15) is 17.6 Å². The Morgan fingerprint density at radius 2 is 1.62 bits per heavy atom. The number of anilines is 3. The number of benzene rings is 3. The third-order valence-corrected chi connectivity index (χ3v) is 8.02. The van der Waals surface area contributed by atoms with E-state index in [0.29, 0.717) is 29.6 Å². The van der Waals surface area contributed by atoms with Crippen molar-refractivity contribution >= 4 is 46.2 Å². The first-order chi connectivity index (χ1) is 20.4. The molecule has 3 aromatic rings. The van der Waals surface area contributed by atoms with Crippen LogP contribution >= 0.6 is 12.2 Å². The number of piperazine rings is 1. The van der Waals surface area contributed by atoms with Crippen molar-refractivity contribution in [2.45, 2.75) is 25.8 Å². The van der Waals surface area contributed by atoms with Crippen LogP contribution in [0.5, 0.6) is 5.75 Å². The maximum absolute atomic E-state index is 13.6. The molecule has 2 aliphatic rings. The van der Waals surface area contributed by atoms with E-state index in [1.54, 1.807) is 24.3 Å². The van der Waals surface area contributed by atoms with E-state index >= 15 is 0 Å². The smallest absolute Gasteiger partial charge is 0.256 e. The lowest BCUT2D eigenvalue weighted by atomic mass is 10.1. The minimum Gasteiger partial charge on any atom is -0.494 e. The van der Waals surface area contributed by atoms with Gasteiger partial charge >= 0.3 is 0 Å². The van der Waals surface area contributed by atoms with Crippen molar-refractivity contribution < 1.29 is 18.7 Å². The van der Waals surface area contributed by atoms with Crippen molar-refractivity contribution in [2.75, 3.05) is 61.0 Å². The molecular weight excluding hydrogens is 553 g/mol. The SMILES string of the molecule is CCOc1ccc(NC(=O)CC2C(=O)N(c3ccc(F)cc3)C(=S)N2CCCN2CCN(c3ccccc3)CC2)cc1. The lowest BCUT2D eigenvalue weighted by molar-refractivity contribution is -0.124. The van der Waals surface area contributed by atoms with Gasteiger partial charge in [-0.15, -0.1) is 0 Å². The van der Waals surface area contributed by atoms with Crippen LogP contribution in [-0.2, 0) is 9.59 Å². The Bertz CT molecular complexity index is 1370. The number of hydrogen-bond donors (Lipinski definition) is 1. The van der Waals surface area contributed by atoms with E-state index in [9.17, 15) is 14.0 Å². The summed E-state index contributed by atoms with van der Waals surface area (Å²) < 4.78 is 19.1. The highest BCUT2D eigenvalue weighted by Gasteiger charge is 2.44. The molecule has 2 saturated heterocycles. The van der Waals surface area contributed by atoms with Gasteiger partial charge in [-0.25, -0.2) is 4.39 Å². The summed E-state index contributed by atoms with van der Waals surface area (Å²) in [6.07, 6.45) is 0.729. The Kier molecular flexibility index (Phi) is 9.66. The highest BCUT2D eigenvalue weighted by atomic mass is 32.1.